The Bertz CT molecular complexity index is 1310. The van der Waals surface area contributed by atoms with Crippen LogP contribution in [0.15, 0.2) is 71.6 Å². The Morgan fingerprint density at radius 3 is 2.43 bits per heavy atom. The van der Waals surface area contributed by atoms with Crippen molar-refractivity contribution < 1.29 is 27.4 Å². The molecule has 0 aromatic heterocycles. The van der Waals surface area contributed by atoms with Crippen LogP contribution in [0.25, 0.3) is 0 Å². The number of carbonyl (C=O) groups is 1. The smallest absolute Gasteiger partial charge is 0.264 e. The number of nitrogens with one attached hydrogen (secondary N) is 1. The highest BCUT2D eigenvalue weighted by molar-refractivity contribution is 7.92. The molecule has 0 radical (unpaired) electrons. The summed E-state index contributed by atoms with van der Waals surface area (Å²) in [6, 6.07) is 19.0. The summed E-state index contributed by atoms with van der Waals surface area (Å²) in [5.74, 6) is 1.12. The molecule has 1 N–H and O–H groups in total. The number of fused-ring (bicyclic) bond motifs is 1. The number of para-hydroxylation sites is 2. The van der Waals surface area contributed by atoms with Gasteiger partial charge in [0, 0.05) is 0 Å². The van der Waals surface area contributed by atoms with Gasteiger partial charge in [-0.05, 0) is 55.8 Å². The summed E-state index contributed by atoms with van der Waals surface area (Å²) in [6.07, 6.45) is -0.399. The minimum Gasteiger partial charge on any atom is -0.495 e. The minimum atomic E-state index is -4.06. The molecule has 0 unspecified atom stereocenters. The van der Waals surface area contributed by atoms with E-state index in [9.17, 15) is 13.2 Å². The number of rotatable bonds is 8. The van der Waals surface area contributed by atoms with Crippen molar-refractivity contribution in [2.24, 2.45) is 0 Å². The lowest BCUT2D eigenvalue weighted by Gasteiger charge is -2.28. The van der Waals surface area contributed by atoms with E-state index >= 15 is 0 Å². The Balaban J connectivity index is 1.56. The van der Waals surface area contributed by atoms with Crippen LogP contribution < -0.4 is 23.8 Å². The molecule has 0 fully saturated rings. The van der Waals surface area contributed by atoms with Crippen LogP contribution in [0.5, 0.6) is 17.2 Å². The van der Waals surface area contributed by atoms with Crippen molar-refractivity contribution in [3.63, 3.8) is 0 Å². The molecule has 1 aliphatic heterocycles. The first-order valence-electron chi connectivity index (χ1n) is 11.2. The van der Waals surface area contributed by atoms with Gasteiger partial charge in [0.05, 0.1) is 24.2 Å². The molecule has 3 aromatic rings. The molecular formula is C26H28N2O6S. The number of carbonyl (C=O) groups excluding carboxylic acids is 1. The van der Waals surface area contributed by atoms with Crippen molar-refractivity contribution in [2.45, 2.75) is 24.8 Å². The number of nitrogens with zero attached hydrogens (tertiary/aromatic N) is 1. The Morgan fingerprint density at radius 2 is 1.71 bits per heavy atom. The molecular weight excluding hydrogens is 468 g/mol. The molecule has 0 bridgehead atoms. The number of hydrogen-bond acceptors (Lipinski definition) is 6. The van der Waals surface area contributed by atoms with Gasteiger partial charge in [0.2, 0.25) is 5.91 Å². The lowest BCUT2D eigenvalue weighted by molar-refractivity contribution is -0.120. The SMILES string of the molecule is COc1ccc(C)cc1N(CC(=O)NC[C@H]1COc2ccccc2O1)S(=O)(=O)c1ccc(C)cc1. The van der Waals surface area contributed by atoms with E-state index in [4.69, 9.17) is 14.2 Å². The van der Waals surface area contributed by atoms with Gasteiger partial charge in [0.15, 0.2) is 11.5 Å². The Labute approximate surface area is 205 Å². The Kier molecular flexibility index (Phi) is 7.16. The van der Waals surface area contributed by atoms with Gasteiger partial charge in [-0.25, -0.2) is 8.42 Å². The molecule has 1 amide bonds. The first kappa shape index (κ1) is 24.4. The Morgan fingerprint density at radius 1 is 1.03 bits per heavy atom. The average Bonchev–Trinajstić information content (AvgIpc) is 2.86. The highest BCUT2D eigenvalue weighted by Gasteiger charge is 2.30. The maximum absolute atomic E-state index is 13.6. The van der Waals surface area contributed by atoms with E-state index in [1.54, 1.807) is 30.3 Å². The number of ether oxygens (including phenoxy) is 3. The summed E-state index contributed by atoms with van der Waals surface area (Å²) in [5, 5.41) is 2.78. The van der Waals surface area contributed by atoms with E-state index in [-0.39, 0.29) is 23.7 Å². The maximum atomic E-state index is 13.6. The van der Waals surface area contributed by atoms with Crippen LogP contribution in [-0.4, -0.2) is 47.2 Å². The zero-order chi connectivity index (χ0) is 25.0. The minimum absolute atomic E-state index is 0.0834. The average molecular weight is 497 g/mol. The fraction of sp³-hybridized carbons (Fsp3) is 0.269. The molecule has 8 nitrogen and oxygen atoms in total. The van der Waals surface area contributed by atoms with E-state index in [1.807, 2.05) is 38.1 Å². The molecule has 35 heavy (non-hydrogen) atoms. The van der Waals surface area contributed by atoms with Gasteiger partial charge in [-0.2, -0.15) is 0 Å². The van der Waals surface area contributed by atoms with E-state index in [1.165, 1.54) is 19.2 Å². The van der Waals surface area contributed by atoms with Crippen molar-refractivity contribution >= 4 is 21.6 Å². The number of benzene rings is 3. The molecule has 0 saturated carbocycles. The zero-order valence-corrected chi connectivity index (χ0v) is 20.7. The van der Waals surface area contributed by atoms with E-state index in [0.29, 0.717) is 17.2 Å². The summed E-state index contributed by atoms with van der Waals surface area (Å²) < 4.78 is 45.4. The third-order valence-electron chi connectivity index (χ3n) is 5.59. The molecule has 0 spiro atoms. The van der Waals surface area contributed by atoms with E-state index < -0.39 is 28.6 Å². The molecule has 1 aliphatic rings. The second kappa shape index (κ2) is 10.3. The van der Waals surface area contributed by atoms with Gasteiger partial charge >= 0.3 is 0 Å². The van der Waals surface area contributed by atoms with Crippen LogP contribution in [0.3, 0.4) is 0 Å². The molecule has 9 heteroatoms. The van der Waals surface area contributed by atoms with Crippen LogP contribution in [0, 0.1) is 13.8 Å². The lowest BCUT2D eigenvalue weighted by atomic mass is 10.2. The van der Waals surface area contributed by atoms with E-state index in [0.717, 1.165) is 15.4 Å². The first-order valence-corrected chi connectivity index (χ1v) is 12.6. The summed E-state index contributed by atoms with van der Waals surface area (Å²) in [4.78, 5) is 13.1. The van der Waals surface area contributed by atoms with Crippen LogP contribution in [0.1, 0.15) is 11.1 Å². The van der Waals surface area contributed by atoms with Crippen molar-refractivity contribution in [1.29, 1.82) is 0 Å². The number of hydrogen-bond donors (Lipinski definition) is 1. The largest absolute Gasteiger partial charge is 0.495 e. The molecule has 1 heterocycles. The third-order valence-corrected chi connectivity index (χ3v) is 7.37. The zero-order valence-electron chi connectivity index (χ0n) is 19.9. The Hall–Kier alpha value is -3.72. The van der Waals surface area contributed by atoms with Gasteiger partial charge in [-0.3, -0.25) is 9.10 Å². The third kappa shape index (κ3) is 5.51. The van der Waals surface area contributed by atoms with E-state index in [2.05, 4.69) is 5.32 Å². The predicted molar refractivity (Wildman–Crippen MR) is 133 cm³/mol. The quantitative estimate of drug-likeness (QED) is 0.513. The summed E-state index contributed by atoms with van der Waals surface area (Å²) in [5.41, 5.74) is 2.05. The predicted octanol–water partition coefficient (Wildman–Crippen LogP) is 3.46. The molecule has 0 saturated heterocycles. The lowest BCUT2D eigenvalue weighted by Crippen LogP contribution is -2.45. The van der Waals surface area contributed by atoms with Gasteiger partial charge in [0.25, 0.3) is 10.0 Å². The van der Waals surface area contributed by atoms with Crippen LogP contribution in [0.4, 0.5) is 5.69 Å². The van der Waals surface area contributed by atoms with Crippen LogP contribution in [0.2, 0.25) is 0 Å². The highest BCUT2D eigenvalue weighted by Crippen LogP contribution is 2.34. The summed E-state index contributed by atoms with van der Waals surface area (Å²) in [7, 11) is -2.60. The van der Waals surface area contributed by atoms with Gasteiger partial charge < -0.3 is 19.5 Å². The van der Waals surface area contributed by atoms with Crippen molar-refractivity contribution in [3.05, 3.63) is 77.9 Å². The second-order valence-electron chi connectivity index (χ2n) is 8.30. The summed E-state index contributed by atoms with van der Waals surface area (Å²) in [6.45, 7) is 3.73. The molecule has 4 rings (SSSR count). The van der Waals surface area contributed by atoms with Crippen molar-refractivity contribution in [2.75, 3.05) is 31.1 Å². The molecule has 184 valence electrons. The fourth-order valence-electron chi connectivity index (χ4n) is 3.71. The van der Waals surface area contributed by atoms with Crippen LogP contribution >= 0.6 is 0 Å². The molecule has 1 atom stereocenters. The van der Waals surface area contributed by atoms with Crippen molar-refractivity contribution in [1.82, 2.24) is 5.32 Å². The van der Waals surface area contributed by atoms with Crippen LogP contribution in [-0.2, 0) is 14.8 Å². The maximum Gasteiger partial charge on any atom is 0.264 e. The fourth-order valence-corrected chi connectivity index (χ4v) is 5.13. The number of amides is 1. The highest BCUT2D eigenvalue weighted by atomic mass is 32.2. The number of sulfonamides is 1. The molecule has 3 aromatic carbocycles. The topological polar surface area (TPSA) is 94.2 Å². The monoisotopic (exact) mass is 496 g/mol. The van der Waals surface area contributed by atoms with Gasteiger partial charge in [0.1, 0.15) is 25.0 Å². The number of anilines is 1. The van der Waals surface area contributed by atoms with Crippen molar-refractivity contribution in [3.8, 4) is 17.2 Å². The summed E-state index contributed by atoms with van der Waals surface area (Å²) >= 11 is 0. The van der Waals surface area contributed by atoms with Gasteiger partial charge in [-0.1, -0.05) is 35.9 Å². The second-order valence-corrected chi connectivity index (χ2v) is 10.2. The molecule has 0 aliphatic carbocycles. The first-order chi connectivity index (χ1) is 16.8. The number of aryl methyl sites for hydroxylation is 2. The number of methoxy groups -OCH3 is 1. The normalized spacial score (nSPS) is 14.8. The van der Waals surface area contributed by atoms with Gasteiger partial charge in [-0.15, -0.1) is 0 Å². The standard InChI is InChI=1S/C26H28N2O6S/c1-18-8-11-21(12-9-18)35(30,31)28(22-14-19(2)10-13-23(22)32-3)16-26(29)27-15-20-17-33-24-6-4-5-7-25(24)34-20/h4-14,20H,15-17H2,1-3H3,(H,27,29)/t20-/m0/s1.